The second kappa shape index (κ2) is 7.92. The first kappa shape index (κ1) is 13.8. The van der Waals surface area contributed by atoms with Crippen molar-refractivity contribution in [2.45, 2.75) is 19.4 Å². The highest BCUT2D eigenvalue weighted by molar-refractivity contribution is 8.14. The van der Waals surface area contributed by atoms with Crippen LogP contribution in [0.3, 0.4) is 0 Å². The molecule has 0 bridgehead atoms. The van der Waals surface area contributed by atoms with Crippen molar-refractivity contribution in [3.63, 3.8) is 0 Å². The van der Waals surface area contributed by atoms with Crippen molar-refractivity contribution in [2.24, 2.45) is 4.99 Å². The number of rotatable bonds is 7. The number of thioether (sulfide) groups is 1. The Kier molecular flexibility index (Phi) is 6.84. The second-order valence-electron chi connectivity index (χ2n) is 4.04. The number of ether oxygens (including phenoxy) is 1. The highest BCUT2D eigenvalue weighted by Gasteiger charge is 2.17. The van der Waals surface area contributed by atoms with Gasteiger partial charge in [-0.15, -0.1) is 0 Å². The summed E-state index contributed by atoms with van der Waals surface area (Å²) in [6.07, 6.45) is 1.18. The van der Waals surface area contributed by atoms with E-state index in [1.807, 2.05) is 11.8 Å². The molecule has 0 radical (unpaired) electrons. The molecule has 0 aliphatic carbocycles. The van der Waals surface area contributed by atoms with Gasteiger partial charge in [-0.05, 0) is 13.5 Å². The zero-order chi connectivity index (χ0) is 11.8. The van der Waals surface area contributed by atoms with E-state index >= 15 is 0 Å². The van der Waals surface area contributed by atoms with E-state index in [0.29, 0.717) is 6.04 Å². The first-order valence-corrected chi connectivity index (χ1v) is 6.86. The Labute approximate surface area is 103 Å². The van der Waals surface area contributed by atoms with Gasteiger partial charge in [-0.25, -0.2) is 0 Å². The Morgan fingerprint density at radius 2 is 2.38 bits per heavy atom. The van der Waals surface area contributed by atoms with Crippen molar-refractivity contribution in [2.75, 3.05) is 46.2 Å². The number of hydrogen-bond donors (Lipinski definition) is 1. The van der Waals surface area contributed by atoms with E-state index in [1.165, 1.54) is 6.42 Å². The van der Waals surface area contributed by atoms with Crippen LogP contribution in [0.5, 0.6) is 0 Å². The summed E-state index contributed by atoms with van der Waals surface area (Å²) in [7, 11) is 3.83. The van der Waals surface area contributed by atoms with Gasteiger partial charge in [-0.1, -0.05) is 18.7 Å². The van der Waals surface area contributed by atoms with Gasteiger partial charge in [-0.2, -0.15) is 0 Å². The number of likely N-dealkylation sites (N-methyl/N-ethyl adjacent to an activating group) is 1. The lowest BCUT2D eigenvalue weighted by molar-refractivity contribution is 0.163. The Morgan fingerprint density at radius 3 is 3.00 bits per heavy atom. The summed E-state index contributed by atoms with van der Waals surface area (Å²) in [5.41, 5.74) is 0. The molecule has 0 aromatic heterocycles. The standard InChI is InChI=1S/C11H23N3OS/c1-4-10-9-16-11(13-10)12-5-6-14(2)7-8-15-3/h10H,4-9H2,1-3H3,(H,12,13). The lowest BCUT2D eigenvalue weighted by Gasteiger charge is -2.14. The normalized spacial score (nSPS) is 23.0. The Morgan fingerprint density at radius 1 is 1.56 bits per heavy atom. The van der Waals surface area contributed by atoms with Gasteiger partial charge < -0.3 is 15.0 Å². The molecule has 1 aliphatic rings. The van der Waals surface area contributed by atoms with Crippen LogP contribution in [0.1, 0.15) is 13.3 Å². The summed E-state index contributed by atoms with van der Waals surface area (Å²) in [5.74, 6) is 1.16. The minimum Gasteiger partial charge on any atom is -0.383 e. The third kappa shape index (κ3) is 5.18. The van der Waals surface area contributed by atoms with Crippen molar-refractivity contribution in [1.29, 1.82) is 0 Å². The molecule has 94 valence electrons. The molecular weight excluding hydrogens is 222 g/mol. The number of nitrogens with one attached hydrogen (secondary N) is 1. The van der Waals surface area contributed by atoms with Gasteiger partial charge in [-0.3, -0.25) is 4.99 Å². The number of methoxy groups -OCH3 is 1. The smallest absolute Gasteiger partial charge is 0.156 e. The molecule has 1 heterocycles. The van der Waals surface area contributed by atoms with Crippen molar-refractivity contribution < 1.29 is 4.74 Å². The molecule has 0 aromatic rings. The zero-order valence-electron chi connectivity index (χ0n) is 10.5. The third-order valence-electron chi connectivity index (χ3n) is 2.66. The third-order valence-corrected chi connectivity index (χ3v) is 3.75. The van der Waals surface area contributed by atoms with Gasteiger partial charge in [0.05, 0.1) is 13.2 Å². The fourth-order valence-corrected chi connectivity index (χ4v) is 2.54. The number of amidine groups is 1. The molecule has 0 amide bonds. The molecule has 16 heavy (non-hydrogen) atoms. The minimum absolute atomic E-state index is 0.620. The molecule has 4 nitrogen and oxygen atoms in total. The molecule has 1 N–H and O–H groups in total. The van der Waals surface area contributed by atoms with E-state index in [-0.39, 0.29) is 0 Å². The van der Waals surface area contributed by atoms with E-state index < -0.39 is 0 Å². The predicted octanol–water partition coefficient (Wildman–Crippen LogP) is 1.04. The molecule has 5 heteroatoms. The second-order valence-corrected chi connectivity index (χ2v) is 5.05. The topological polar surface area (TPSA) is 36.9 Å². The van der Waals surface area contributed by atoms with Crippen LogP contribution in [0.15, 0.2) is 4.99 Å². The summed E-state index contributed by atoms with van der Waals surface area (Å²) >= 11 is 1.84. The van der Waals surface area contributed by atoms with E-state index in [0.717, 1.165) is 37.2 Å². The Balaban J connectivity index is 2.12. The van der Waals surface area contributed by atoms with Crippen LogP contribution in [-0.2, 0) is 4.74 Å². The predicted molar refractivity (Wildman–Crippen MR) is 71.3 cm³/mol. The summed E-state index contributed by atoms with van der Waals surface area (Å²) < 4.78 is 5.03. The van der Waals surface area contributed by atoms with Gasteiger partial charge in [0.25, 0.3) is 0 Å². The van der Waals surface area contributed by atoms with Crippen LogP contribution in [-0.4, -0.2) is 62.3 Å². The van der Waals surface area contributed by atoms with Gasteiger partial charge in [0.15, 0.2) is 5.17 Å². The van der Waals surface area contributed by atoms with Gasteiger partial charge in [0, 0.05) is 32.0 Å². The maximum atomic E-state index is 5.03. The number of aliphatic imine (C=N–C) groups is 1. The molecule has 0 aromatic carbocycles. The largest absolute Gasteiger partial charge is 0.383 e. The lowest BCUT2D eigenvalue weighted by Crippen LogP contribution is -2.28. The van der Waals surface area contributed by atoms with Crippen molar-refractivity contribution in [3.05, 3.63) is 0 Å². The van der Waals surface area contributed by atoms with Crippen LogP contribution in [0.25, 0.3) is 0 Å². The minimum atomic E-state index is 0.620. The SMILES string of the molecule is CCC1CSC(=NCCN(C)CCOC)N1. The summed E-state index contributed by atoms with van der Waals surface area (Å²) in [5, 5.41) is 4.54. The van der Waals surface area contributed by atoms with E-state index in [4.69, 9.17) is 4.74 Å². The summed E-state index contributed by atoms with van der Waals surface area (Å²) in [4.78, 5) is 6.80. The Bertz CT molecular complexity index is 223. The van der Waals surface area contributed by atoms with E-state index in [1.54, 1.807) is 7.11 Å². The monoisotopic (exact) mass is 245 g/mol. The highest BCUT2D eigenvalue weighted by Crippen LogP contribution is 2.15. The molecule has 1 rings (SSSR count). The van der Waals surface area contributed by atoms with Crippen molar-refractivity contribution in [3.8, 4) is 0 Å². The van der Waals surface area contributed by atoms with Gasteiger partial charge in [0.2, 0.25) is 0 Å². The van der Waals surface area contributed by atoms with Crippen LogP contribution in [0.2, 0.25) is 0 Å². The molecule has 1 saturated heterocycles. The molecular formula is C11H23N3OS. The van der Waals surface area contributed by atoms with E-state index in [2.05, 4.69) is 29.2 Å². The molecule has 1 fully saturated rings. The first-order valence-electron chi connectivity index (χ1n) is 5.87. The van der Waals surface area contributed by atoms with E-state index in [9.17, 15) is 0 Å². The molecule has 1 atom stereocenters. The number of nitrogens with zero attached hydrogens (tertiary/aromatic N) is 2. The first-order chi connectivity index (χ1) is 7.76. The maximum absolute atomic E-state index is 5.03. The molecule has 1 unspecified atom stereocenters. The summed E-state index contributed by atoms with van der Waals surface area (Å²) in [6.45, 7) is 5.83. The van der Waals surface area contributed by atoms with Crippen LogP contribution in [0, 0.1) is 0 Å². The molecule has 1 aliphatic heterocycles. The maximum Gasteiger partial charge on any atom is 0.156 e. The summed E-state index contributed by atoms with van der Waals surface area (Å²) in [6, 6.07) is 0.620. The quantitative estimate of drug-likeness (QED) is 0.727. The highest BCUT2D eigenvalue weighted by atomic mass is 32.2. The van der Waals surface area contributed by atoms with Crippen molar-refractivity contribution in [1.82, 2.24) is 10.2 Å². The van der Waals surface area contributed by atoms with Crippen LogP contribution < -0.4 is 5.32 Å². The molecule has 0 saturated carbocycles. The van der Waals surface area contributed by atoms with Crippen LogP contribution in [0.4, 0.5) is 0 Å². The average molecular weight is 245 g/mol. The van der Waals surface area contributed by atoms with Gasteiger partial charge >= 0.3 is 0 Å². The zero-order valence-corrected chi connectivity index (χ0v) is 11.3. The lowest BCUT2D eigenvalue weighted by atomic mass is 10.3. The molecule has 0 spiro atoms. The number of hydrogen-bond acceptors (Lipinski definition) is 4. The van der Waals surface area contributed by atoms with Crippen molar-refractivity contribution >= 4 is 16.9 Å². The Hall–Kier alpha value is -0.260. The fraction of sp³-hybridized carbons (Fsp3) is 0.909. The fourth-order valence-electron chi connectivity index (χ4n) is 1.43. The average Bonchev–Trinajstić information content (AvgIpc) is 2.74. The van der Waals surface area contributed by atoms with Gasteiger partial charge in [0.1, 0.15) is 0 Å². The van der Waals surface area contributed by atoms with Crippen LogP contribution >= 0.6 is 11.8 Å².